The van der Waals surface area contributed by atoms with Crippen LogP contribution in [0.25, 0.3) is 0 Å². The van der Waals surface area contributed by atoms with Gasteiger partial charge < -0.3 is 10.1 Å². The minimum Gasteiger partial charge on any atom is -0.459 e. The van der Waals surface area contributed by atoms with Crippen molar-refractivity contribution in [1.82, 2.24) is 5.32 Å². The summed E-state index contributed by atoms with van der Waals surface area (Å²) in [5.41, 5.74) is 3.16. The van der Waals surface area contributed by atoms with Gasteiger partial charge in [-0.05, 0) is 69.5 Å². The van der Waals surface area contributed by atoms with E-state index >= 15 is 0 Å². The van der Waals surface area contributed by atoms with Crippen LogP contribution in [0.3, 0.4) is 0 Å². The molecule has 6 heteroatoms. The summed E-state index contributed by atoms with van der Waals surface area (Å²) in [6.07, 6.45) is 5.38. The number of rotatable bonds is 4. The number of hydrogen-bond acceptors (Lipinski definition) is 6. The monoisotopic (exact) mass is 453 g/mol. The lowest BCUT2D eigenvalue weighted by Gasteiger charge is -2.36. The molecule has 1 fully saturated rings. The van der Waals surface area contributed by atoms with Crippen molar-refractivity contribution in [2.24, 2.45) is 0 Å². The normalized spacial score (nSPS) is 24.4. The molecular weight excluding hydrogens is 426 g/mol. The summed E-state index contributed by atoms with van der Waals surface area (Å²) in [6, 6.07) is 8.29. The number of carbonyl (C=O) groups is 2. The molecule has 0 saturated heterocycles. The maximum Gasteiger partial charge on any atom is 0.337 e. The van der Waals surface area contributed by atoms with Crippen molar-refractivity contribution in [3.8, 4) is 0 Å². The predicted molar refractivity (Wildman–Crippen MR) is 124 cm³/mol. The average molecular weight is 454 g/mol. The number of thiophene rings is 2. The quantitative estimate of drug-likeness (QED) is 0.580. The number of allylic oxidation sites excluding steroid dienone is 3. The number of esters is 1. The Morgan fingerprint density at radius 2 is 1.90 bits per heavy atom. The SMILES string of the molecule is CC1=C(C(=O)OC2CCCC2)[C@H](c2ccc(C)s2)C2=C(C[C@@H](c3cccs3)CC2=O)N1. The highest BCUT2D eigenvalue weighted by Crippen LogP contribution is 2.47. The second kappa shape index (κ2) is 8.40. The first-order valence-electron chi connectivity index (χ1n) is 11.1. The van der Waals surface area contributed by atoms with E-state index < -0.39 is 0 Å². The Bertz CT molecular complexity index is 1070. The Morgan fingerprint density at radius 3 is 2.58 bits per heavy atom. The molecule has 1 aliphatic heterocycles. The van der Waals surface area contributed by atoms with Crippen molar-refractivity contribution in [3.63, 3.8) is 0 Å². The van der Waals surface area contributed by atoms with Crippen LogP contribution in [0.2, 0.25) is 0 Å². The number of ether oxygens (including phenoxy) is 1. The van der Waals surface area contributed by atoms with E-state index in [2.05, 4.69) is 35.8 Å². The van der Waals surface area contributed by atoms with Crippen molar-refractivity contribution in [2.75, 3.05) is 0 Å². The molecule has 2 aliphatic carbocycles. The first kappa shape index (κ1) is 20.7. The molecule has 5 rings (SSSR count). The van der Waals surface area contributed by atoms with E-state index in [1.165, 1.54) is 9.75 Å². The van der Waals surface area contributed by atoms with Gasteiger partial charge in [0.1, 0.15) is 6.10 Å². The highest BCUT2D eigenvalue weighted by atomic mass is 32.1. The third-order valence-corrected chi connectivity index (χ3v) is 8.71. The molecule has 1 saturated carbocycles. The van der Waals surface area contributed by atoms with E-state index in [0.29, 0.717) is 12.0 Å². The van der Waals surface area contributed by atoms with Gasteiger partial charge in [0.25, 0.3) is 0 Å². The molecule has 2 atom stereocenters. The molecule has 2 aromatic heterocycles. The third-order valence-electron chi connectivity index (χ3n) is 6.61. The Labute approximate surface area is 191 Å². The maximum absolute atomic E-state index is 13.5. The van der Waals surface area contributed by atoms with Gasteiger partial charge in [-0.1, -0.05) is 6.07 Å². The maximum atomic E-state index is 13.5. The zero-order chi connectivity index (χ0) is 21.5. The number of hydrogen-bond donors (Lipinski definition) is 1. The standard InChI is InChI=1S/C25H27NO3S2/c1-14-9-10-21(31-14)24-22(25(28)29-17-6-3-4-7-17)15(2)26-18-12-16(13-19(27)23(18)24)20-8-5-11-30-20/h5,8-11,16-17,24,26H,3-4,6-7,12-13H2,1-2H3/t16-,24+/m1/s1. The number of ketones is 1. The molecule has 162 valence electrons. The van der Waals surface area contributed by atoms with E-state index in [9.17, 15) is 9.59 Å². The summed E-state index contributed by atoms with van der Waals surface area (Å²) in [7, 11) is 0. The molecular formula is C25H27NO3S2. The Hall–Kier alpha value is -2.18. The lowest BCUT2D eigenvalue weighted by atomic mass is 9.74. The van der Waals surface area contributed by atoms with Gasteiger partial charge in [-0.3, -0.25) is 4.79 Å². The molecule has 1 N–H and O–H groups in total. The van der Waals surface area contributed by atoms with Gasteiger partial charge >= 0.3 is 5.97 Å². The minimum absolute atomic E-state index is 0.000773. The molecule has 0 aromatic carbocycles. The fourth-order valence-electron chi connectivity index (χ4n) is 5.15. The Balaban J connectivity index is 1.53. The molecule has 31 heavy (non-hydrogen) atoms. The van der Waals surface area contributed by atoms with Gasteiger partial charge in [0.15, 0.2) is 5.78 Å². The van der Waals surface area contributed by atoms with E-state index in [-0.39, 0.29) is 29.7 Å². The van der Waals surface area contributed by atoms with Crippen LogP contribution in [0.5, 0.6) is 0 Å². The lowest BCUT2D eigenvalue weighted by Crippen LogP contribution is -2.36. The fourth-order valence-corrected chi connectivity index (χ4v) is 6.98. The van der Waals surface area contributed by atoms with Gasteiger partial charge in [0.2, 0.25) is 0 Å². The first-order valence-corrected chi connectivity index (χ1v) is 12.8. The summed E-state index contributed by atoms with van der Waals surface area (Å²) >= 11 is 3.37. The Kier molecular flexibility index (Phi) is 5.61. The highest BCUT2D eigenvalue weighted by molar-refractivity contribution is 7.12. The highest BCUT2D eigenvalue weighted by Gasteiger charge is 2.42. The van der Waals surface area contributed by atoms with Crippen LogP contribution in [0.4, 0.5) is 0 Å². The van der Waals surface area contributed by atoms with Crippen LogP contribution in [0.1, 0.15) is 71.9 Å². The molecule has 0 bridgehead atoms. The molecule has 4 nitrogen and oxygen atoms in total. The van der Waals surface area contributed by atoms with Crippen LogP contribution in [0.15, 0.2) is 52.2 Å². The first-order chi connectivity index (χ1) is 15.0. The van der Waals surface area contributed by atoms with Crippen molar-refractivity contribution in [1.29, 1.82) is 0 Å². The zero-order valence-corrected chi connectivity index (χ0v) is 19.5. The number of Topliss-reactive ketones (excluding diaryl/α,β-unsaturated/α-hetero) is 1. The Morgan fingerprint density at radius 1 is 1.10 bits per heavy atom. The van der Waals surface area contributed by atoms with E-state index in [1.54, 1.807) is 22.7 Å². The summed E-state index contributed by atoms with van der Waals surface area (Å²) in [5.74, 6) is -0.264. The minimum atomic E-state index is -0.333. The topological polar surface area (TPSA) is 55.4 Å². The summed E-state index contributed by atoms with van der Waals surface area (Å²) in [4.78, 5) is 30.3. The zero-order valence-electron chi connectivity index (χ0n) is 17.9. The largest absolute Gasteiger partial charge is 0.459 e. The van der Waals surface area contributed by atoms with Crippen LogP contribution < -0.4 is 5.32 Å². The van der Waals surface area contributed by atoms with Crippen LogP contribution in [-0.2, 0) is 14.3 Å². The summed E-state index contributed by atoms with van der Waals surface area (Å²) in [6.45, 7) is 4.01. The van der Waals surface area contributed by atoms with Crippen molar-refractivity contribution in [3.05, 3.63) is 66.8 Å². The van der Waals surface area contributed by atoms with E-state index in [1.807, 2.05) is 13.0 Å². The van der Waals surface area contributed by atoms with Gasteiger partial charge in [-0.2, -0.15) is 0 Å². The van der Waals surface area contributed by atoms with Gasteiger partial charge in [-0.15, -0.1) is 22.7 Å². The van der Waals surface area contributed by atoms with Gasteiger partial charge in [-0.25, -0.2) is 4.79 Å². The molecule has 2 aromatic rings. The average Bonchev–Trinajstić information content (AvgIpc) is 3.49. The second-order valence-corrected chi connectivity index (χ2v) is 11.1. The molecule has 3 aliphatic rings. The van der Waals surface area contributed by atoms with Crippen molar-refractivity contribution < 1.29 is 14.3 Å². The molecule has 0 unspecified atom stereocenters. The van der Waals surface area contributed by atoms with Crippen molar-refractivity contribution in [2.45, 2.75) is 70.3 Å². The lowest BCUT2D eigenvalue weighted by molar-refractivity contribution is -0.144. The van der Waals surface area contributed by atoms with Gasteiger partial charge in [0.05, 0.1) is 11.5 Å². The molecule has 0 spiro atoms. The van der Waals surface area contributed by atoms with Crippen LogP contribution in [-0.4, -0.2) is 17.9 Å². The van der Waals surface area contributed by atoms with E-state index in [0.717, 1.165) is 53.9 Å². The second-order valence-electron chi connectivity index (χ2n) is 8.79. The van der Waals surface area contributed by atoms with Crippen LogP contribution in [0, 0.1) is 6.92 Å². The molecule has 0 amide bonds. The van der Waals surface area contributed by atoms with Crippen molar-refractivity contribution >= 4 is 34.4 Å². The predicted octanol–water partition coefficient (Wildman–Crippen LogP) is 5.97. The number of dihydropyridines is 1. The fraction of sp³-hybridized carbons (Fsp3) is 0.440. The number of aryl methyl sites for hydroxylation is 1. The van der Waals surface area contributed by atoms with Crippen LogP contribution >= 0.6 is 22.7 Å². The smallest absolute Gasteiger partial charge is 0.337 e. The number of nitrogens with one attached hydrogen (secondary N) is 1. The summed E-state index contributed by atoms with van der Waals surface area (Å²) in [5, 5.41) is 5.52. The molecule has 0 radical (unpaired) electrons. The summed E-state index contributed by atoms with van der Waals surface area (Å²) < 4.78 is 5.91. The van der Waals surface area contributed by atoms with E-state index in [4.69, 9.17) is 4.74 Å². The van der Waals surface area contributed by atoms with Gasteiger partial charge in [0, 0.05) is 43.9 Å². The number of carbonyl (C=O) groups excluding carboxylic acids is 2. The molecule has 3 heterocycles. The third kappa shape index (κ3) is 3.92.